The van der Waals surface area contributed by atoms with Crippen LogP contribution < -0.4 is 0 Å². The highest BCUT2D eigenvalue weighted by Gasteiger charge is 2.38. The van der Waals surface area contributed by atoms with Crippen molar-refractivity contribution in [2.24, 2.45) is 5.41 Å². The normalized spacial score (nSPS) is 23.8. The van der Waals surface area contributed by atoms with Gasteiger partial charge in [-0.05, 0) is 25.3 Å². The molecule has 1 fully saturated rings. The molecule has 1 aliphatic rings. The van der Waals surface area contributed by atoms with Crippen molar-refractivity contribution in [2.45, 2.75) is 39.8 Å². The van der Waals surface area contributed by atoms with Gasteiger partial charge in [-0.2, -0.15) is 0 Å². The molecule has 0 N–H and O–H groups in total. The molecule has 0 radical (unpaired) electrons. The van der Waals surface area contributed by atoms with Crippen LogP contribution in [0.3, 0.4) is 0 Å². The van der Waals surface area contributed by atoms with Crippen molar-refractivity contribution < 1.29 is 4.39 Å². The van der Waals surface area contributed by atoms with Crippen LogP contribution in [0, 0.1) is 5.41 Å². The highest BCUT2D eigenvalue weighted by molar-refractivity contribution is 4.92. The van der Waals surface area contributed by atoms with E-state index in [1.165, 1.54) is 0 Å². The lowest BCUT2D eigenvalue weighted by Gasteiger charge is -2.43. The van der Waals surface area contributed by atoms with E-state index in [2.05, 4.69) is 25.7 Å². The Morgan fingerprint density at radius 1 is 1.33 bits per heavy atom. The lowest BCUT2D eigenvalue weighted by atomic mass is 9.90. The maximum absolute atomic E-state index is 13.0. The molecule has 1 aliphatic heterocycles. The summed E-state index contributed by atoms with van der Waals surface area (Å²) in [5, 5.41) is 0. The monoisotopic (exact) mass is 173 g/mol. The molecule has 0 aromatic heterocycles. The Morgan fingerprint density at radius 2 is 1.83 bits per heavy atom. The molecule has 0 atom stereocenters. The van der Waals surface area contributed by atoms with Crippen molar-refractivity contribution in [2.75, 3.05) is 19.6 Å². The molecule has 12 heavy (non-hydrogen) atoms. The van der Waals surface area contributed by atoms with Crippen LogP contribution in [-0.4, -0.2) is 30.2 Å². The van der Waals surface area contributed by atoms with Gasteiger partial charge in [0, 0.05) is 13.1 Å². The van der Waals surface area contributed by atoms with E-state index in [0.29, 0.717) is 18.5 Å². The number of likely N-dealkylation sites (tertiary alicyclic amines) is 1. The molecule has 0 unspecified atom stereocenters. The Labute approximate surface area is 74.9 Å². The van der Waals surface area contributed by atoms with Crippen LogP contribution in [0.1, 0.15) is 34.1 Å². The van der Waals surface area contributed by atoms with Crippen molar-refractivity contribution in [3.05, 3.63) is 0 Å². The quantitative estimate of drug-likeness (QED) is 0.620. The number of rotatable bonds is 2. The van der Waals surface area contributed by atoms with Crippen molar-refractivity contribution in [1.29, 1.82) is 0 Å². The molecule has 0 bridgehead atoms. The minimum absolute atomic E-state index is 0.377. The Bertz CT molecular complexity index is 150. The minimum Gasteiger partial charge on any atom is -0.297 e. The summed E-state index contributed by atoms with van der Waals surface area (Å²) >= 11 is 0. The van der Waals surface area contributed by atoms with Crippen molar-refractivity contribution >= 4 is 0 Å². The first kappa shape index (κ1) is 9.97. The zero-order valence-electron chi connectivity index (χ0n) is 8.65. The Hall–Kier alpha value is -0.110. The molecule has 1 nitrogen and oxygen atoms in total. The summed E-state index contributed by atoms with van der Waals surface area (Å²) in [6, 6.07) is 0. The molecule has 0 saturated carbocycles. The fraction of sp³-hybridized carbons (Fsp3) is 1.00. The number of hydrogen-bond donors (Lipinski definition) is 0. The van der Waals surface area contributed by atoms with Crippen molar-refractivity contribution in [3.8, 4) is 0 Å². The average molecular weight is 173 g/mol. The van der Waals surface area contributed by atoms with Crippen LogP contribution in [0.4, 0.5) is 4.39 Å². The molecule has 0 aliphatic carbocycles. The van der Waals surface area contributed by atoms with Gasteiger partial charge in [0.2, 0.25) is 0 Å². The van der Waals surface area contributed by atoms with Crippen LogP contribution in [0.25, 0.3) is 0 Å². The molecule has 1 rings (SSSR count). The molecule has 0 aromatic carbocycles. The molecular weight excluding hydrogens is 153 g/mol. The molecular formula is C10H20FN. The van der Waals surface area contributed by atoms with Crippen LogP contribution in [0.5, 0.6) is 0 Å². The number of hydrogen-bond acceptors (Lipinski definition) is 1. The second kappa shape index (κ2) is 2.99. The molecule has 1 saturated heterocycles. The van der Waals surface area contributed by atoms with E-state index in [-0.39, 0.29) is 0 Å². The lowest BCUT2D eigenvalue weighted by Crippen LogP contribution is -2.57. The molecule has 2 heteroatoms. The van der Waals surface area contributed by atoms with Crippen molar-refractivity contribution in [1.82, 2.24) is 4.90 Å². The molecule has 0 aromatic rings. The summed E-state index contributed by atoms with van der Waals surface area (Å²) in [6.07, 6.45) is 1.16. The maximum Gasteiger partial charge on any atom is 0.133 e. The first-order chi connectivity index (χ1) is 5.29. The number of halogens is 1. The predicted octanol–water partition coefficient (Wildman–Crippen LogP) is 2.47. The standard InChI is InChI=1S/C10H20FN/c1-9(2,3)5-6-12-7-10(4,11)8-12/h5-8H2,1-4H3. The SMILES string of the molecule is CC(C)(C)CCN1CC(C)(F)C1. The van der Waals surface area contributed by atoms with Gasteiger partial charge in [0.15, 0.2) is 0 Å². The van der Waals surface area contributed by atoms with Gasteiger partial charge in [0.25, 0.3) is 0 Å². The summed E-state index contributed by atoms with van der Waals surface area (Å²) in [7, 11) is 0. The maximum atomic E-state index is 13.0. The van der Waals surface area contributed by atoms with Gasteiger partial charge < -0.3 is 0 Å². The lowest BCUT2D eigenvalue weighted by molar-refractivity contribution is -0.0220. The van der Waals surface area contributed by atoms with Gasteiger partial charge in [-0.15, -0.1) is 0 Å². The van der Waals surface area contributed by atoms with E-state index in [9.17, 15) is 4.39 Å². The second-order valence-corrected chi connectivity index (χ2v) is 5.43. The summed E-state index contributed by atoms with van der Waals surface area (Å²) in [5.41, 5.74) is -0.528. The van der Waals surface area contributed by atoms with E-state index < -0.39 is 5.67 Å². The predicted molar refractivity (Wildman–Crippen MR) is 50.0 cm³/mol. The minimum atomic E-state index is -0.905. The third kappa shape index (κ3) is 3.10. The van der Waals surface area contributed by atoms with Gasteiger partial charge in [-0.3, -0.25) is 4.90 Å². The Kier molecular flexibility index (Phi) is 2.48. The van der Waals surface area contributed by atoms with Crippen LogP contribution >= 0.6 is 0 Å². The van der Waals surface area contributed by atoms with E-state index >= 15 is 0 Å². The molecule has 72 valence electrons. The average Bonchev–Trinajstić information content (AvgIpc) is 1.76. The van der Waals surface area contributed by atoms with E-state index in [1.54, 1.807) is 6.92 Å². The molecule has 0 spiro atoms. The summed E-state index contributed by atoms with van der Waals surface area (Å²) in [5.74, 6) is 0. The molecule has 0 amide bonds. The third-order valence-electron chi connectivity index (χ3n) is 2.28. The Morgan fingerprint density at radius 3 is 2.17 bits per heavy atom. The highest BCUT2D eigenvalue weighted by atomic mass is 19.1. The van der Waals surface area contributed by atoms with Gasteiger partial charge in [-0.25, -0.2) is 4.39 Å². The fourth-order valence-electron chi connectivity index (χ4n) is 1.54. The van der Waals surface area contributed by atoms with Crippen molar-refractivity contribution in [3.63, 3.8) is 0 Å². The zero-order valence-corrected chi connectivity index (χ0v) is 8.65. The first-order valence-electron chi connectivity index (χ1n) is 4.70. The highest BCUT2D eigenvalue weighted by Crippen LogP contribution is 2.27. The topological polar surface area (TPSA) is 3.24 Å². The zero-order chi connectivity index (χ0) is 9.41. The van der Waals surface area contributed by atoms with Gasteiger partial charge in [-0.1, -0.05) is 20.8 Å². The summed E-state index contributed by atoms with van der Waals surface area (Å²) in [6.45, 7) is 10.7. The van der Waals surface area contributed by atoms with Gasteiger partial charge in [0.1, 0.15) is 5.67 Å². The van der Waals surface area contributed by atoms with Gasteiger partial charge in [0.05, 0.1) is 0 Å². The van der Waals surface area contributed by atoms with Crippen LogP contribution in [0.15, 0.2) is 0 Å². The van der Waals surface area contributed by atoms with E-state index in [1.807, 2.05) is 0 Å². The summed E-state index contributed by atoms with van der Waals surface area (Å²) in [4.78, 5) is 2.19. The van der Waals surface area contributed by atoms with Gasteiger partial charge >= 0.3 is 0 Å². The smallest absolute Gasteiger partial charge is 0.133 e. The first-order valence-corrected chi connectivity index (χ1v) is 4.70. The largest absolute Gasteiger partial charge is 0.297 e. The fourth-order valence-corrected chi connectivity index (χ4v) is 1.54. The van der Waals surface area contributed by atoms with Crippen LogP contribution in [0.2, 0.25) is 0 Å². The molecule has 1 heterocycles. The third-order valence-corrected chi connectivity index (χ3v) is 2.28. The number of alkyl halides is 1. The second-order valence-electron chi connectivity index (χ2n) is 5.43. The van der Waals surface area contributed by atoms with E-state index in [4.69, 9.17) is 0 Å². The van der Waals surface area contributed by atoms with E-state index in [0.717, 1.165) is 13.0 Å². The Balaban J connectivity index is 2.12. The summed E-state index contributed by atoms with van der Waals surface area (Å²) < 4.78 is 13.0. The van der Waals surface area contributed by atoms with Crippen LogP contribution in [-0.2, 0) is 0 Å². The number of nitrogens with zero attached hydrogens (tertiary/aromatic N) is 1.